The second-order valence-electron chi connectivity index (χ2n) is 11.2. The smallest absolute Gasteiger partial charge is 0.166 e. The molecule has 0 radical (unpaired) electrons. The summed E-state index contributed by atoms with van der Waals surface area (Å²) in [5, 5.41) is 17.6. The number of likely N-dealkylation sites (tertiary alicyclic amines) is 1. The molecule has 3 heterocycles. The first kappa shape index (κ1) is 23.3. The number of aromatic nitrogens is 1. The number of nitrogens with zero attached hydrogens (tertiary/aromatic N) is 2. The van der Waals surface area contributed by atoms with Crippen LogP contribution >= 0.6 is 0 Å². The third-order valence-corrected chi connectivity index (χ3v) is 9.69. The van der Waals surface area contributed by atoms with Crippen LogP contribution in [0.1, 0.15) is 61.6 Å². The van der Waals surface area contributed by atoms with Gasteiger partial charge in [-0.15, -0.1) is 0 Å². The van der Waals surface area contributed by atoms with Crippen molar-refractivity contribution < 1.29 is 14.6 Å². The molecular weight excluding hydrogens is 462 g/mol. The Balaban J connectivity index is 0.00000113. The van der Waals surface area contributed by atoms with E-state index in [4.69, 9.17) is 14.5 Å². The highest BCUT2D eigenvalue weighted by Crippen LogP contribution is 2.69. The van der Waals surface area contributed by atoms with Gasteiger partial charge in [0.1, 0.15) is 0 Å². The molecule has 6 nitrogen and oxygen atoms in total. The van der Waals surface area contributed by atoms with Crippen molar-refractivity contribution in [3.63, 3.8) is 0 Å². The van der Waals surface area contributed by atoms with Crippen LogP contribution in [0.4, 0.5) is 5.69 Å². The Bertz CT molecular complexity index is 1400. The van der Waals surface area contributed by atoms with Crippen LogP contribution in [0.2, 0.25) is 0 Å². The third-order valence-electron chi connectivity index (χ3n) is 9.69. The Morgan fingerprint density at radius 1 is 1.19 bits per heavy atom. The molecule has 4 atom stereocenters. The van der Waals surface area contributed by atoms with Crippen LogP contribution in [0, 0.1) is 5.92 Å². The van der Waals surface area contributed by atoms with E-state index in [1.54, 1.807) is 7.11 Å². The van der Waals surface area contributed by atoms with Gasteiger partial charge >= 0.3 is 0 Å². The molecular formula is C31H37N3O3. The number of nitrogens with one attached hydrogen (secondary N) is 1. The summed E-state index contributed by atoms with van der Waals surface area (Å²) >= 11 is 0. The lowest BCUT2D eigenvalue weighted by atomic mass is 9.48. The van der Waals surface area contributed by atoms with E-state index >= 15 is 0 Å². The second kappa shape index (κ2) is 8.08. The predicted octanol–water partition coefficient (Wildman–Crippen LogP) is 5.01. The summed E-state index contributed by atoms with van der Waals surface area (Å²) in [6, 6.07) is 12.6. The molecule has 0 amide bonds. The third kappa shape index (κ3) is 2.86. The quantitative estimate of drug-likeness (QED) is 0.526. The number of piperidine rings is 1. The van der Waals surface area contributed by atoms with Crippen LogP contribution in [0.3, 0.4) is 0 Å². The Morgan fingerprint density at radius 3 is 2.76 bits per heavy atom. The topological polar surface area (TPSA) is 66.9 Å². The molecule has 6 heteroatoms. The maximum atomic E-state index is 13.0. The molecule has 1 saturated carbocycles. The molecule has 8 rings (SSSR count). The first-order chi connectivity index (χ1) is 18.1. The maximum Gasteiger partial charge on any atom is 0.166 e. The Labute approximate surface area is 219 Å². The predicted molar refractivity (Wildman–Crippen MR) is 146 cm³/mol. The van der Waals surface area contributed by atoms with Crippen LogP contribution in [-0.2, 0) is 18.3 Å². The van der Waals surface area contributed by atoms with Gasteiger partial charge in [-0.25, -0.2) is 4.98 Å². The molecule has 1 aromatic heterocycles. The van der Waals surface area contributed by atoms with E-state index in [9.17, 15) is 5.11 Å². The summed E-state index contributed by atoms with van der Waals surface area (Å²) < 4.78 is 12.7. The molecule has 1 saturated heterocycles. The van der Waals surface area contributed by atoms with Crippen molar-refractivity contribution in [2.45, 2.75) is 69.1 Å². The summed E-state index contributed by atoms with van der Waals surface area (Å²) in [4.78, 5) is 7.81. The number of methoxy groups -OCH3 is 1. The lowest BCUT2D eigenvalue weighted by Gasteiger charge is -2.63. The number of benzene rings is 2. The lowest BCUT2D eigenvalue weighted by molar-refractivity contribution is -0.173. The molecule has 5 aliphatic rings. The molecule has 2 bridgehead atoms. The van der Waals surface area contributed by atoms with Gasteiger partial charge in [-0.1, -0.05) is 38.1 Å². The minimum Gasteiger partial charge on any atom is -0.493 e. The summed E-state index contributed by atoms with van der Waals surface area (Å²) in [5.74, 6) is 2.35. The average Bonchev–Trinajstić information content (AvgIpc) is 3.67. The number of fused-ring (bicyclic) bond motifs is 3. The molecule has 2 N–H and O–H groups in total. The largest absolute Gasteiger partial charge is 0.493 e. The number of rotatable bonds is 4. The highest BCUT2D eigenvalue weighted by molar-refractivity contribution is 5.94. The number of para-hydroxylation sites is 1. The van der Waals surface area contributed by atoms with Crippen molar-refractivity contribution in [1.29, 1.82) is 0 Å². The molecule has 2 fully saturated rings. The number of ether oxygens (including phenoxy) is 2. The summed E-state index contributed by atoms with van der Waals surface area (Å²) in [6.07, 6.45) is 4.60. The van der Waals surface area contributed by atoms with Gasteiger partial charge in [-0.05, 0) is 55.8 Å². The van der Waals surface area contributed by atoms with Crippen molar-refractivity contribution in [2.24, 2.45) is 5.92 Å². The summed E-state index contributed by atoms with van der Waals surface area (Å²) in [7, 11) is 3.68. The van der Waals surface area contributed by atoms with Gasteiger partial charge in [0.2, 0.25) is 0 Å². The van der Waals surface area contributed by atoms with Gasteiger partial charge in [0.05, 0.1) is 29.3 Å². The fraction of sp³-hybridized carbons (Fsp3) is 0.516. The van der Waals surface area contributed by atoms with E-state index in [-0.39, 0.29) is 12.1 Å². The van der Waals surface area contributed by atoms with Crippen LogP contribution in [0.25, 0.3) is 10.9 Å². The lowest BCUT2D eigenvalue weighted by Crippen LogP contribution is -2.74. The number of hydrogen-bond donors (Lipinski definition) is 2. The SMILES string of the molecule is CC.CNc1c2c(nc3ccccc13)C1Oc3c(OC)ccc4c3[C@@]13CCN(CC1CC1)[C@H](C4)C3(O)C2. The van der Waals surface area contributed by atoms with Gasteiger partial charge in [0.15, 0.2) is 17.6 Å². The van der Waals surface area contributed by atoms with Crippen LogP contribution in [0.15, 0.2) is 36.4 Å². The number of aliphatic hydroxyl groups is 1. The summed E-state index contributed by atoms with van der Waals surface area (Å²) in [5.41, 5.74) is 5.14. The number of pyridine rings is 1. The fourth-order valence-corrected chi connectivity index (χ4v) is 8.02. The van der Waals surface area contributed by atoms with Gasteiger partial charge < -0.3 is 19.9 Å². The Kier molecular flexibility index (Phi) is 5.09. The van der Waals surface area contributed by atoms with Crippen LogP contribution in [0.5, 0.6) is 11.5 Å². The number of anilines is 1. The van der Waals surface area contributed by atoms with Crippen LogP contribution in [-0.4, -0.2) is 53.9 Å². The van der Waals surface area contributed by atoms with E-state index in [0.717, 1.165) is 71.2 Å². The van der Waals surface area contributed by atoms with Gasteiger partial charge in [-0.2, -0.15) is 0 Å². The van der Waals surface area contributed by atoms with Crippen molar-refractivity contribution >= 4 is 16.6 Å². The second-order valence-corrected chi connectivity index (χ2v) is 11.2. The highest BCUT2D eigenvalue weighted by atomic mass is 16.5. The molecule has 194 valence electrons. The zero-order chi connectivity index (χ0) is 25.5. The van der Waals surface area contributed by atoms with E-state index in [1.165, 1.54) is 24.0 Å². The van der Waals surface area contributed by atoms with Gasteiger partial charge in [0, 0.05) is 48.3 Å². The fourth-order valence-electron chi connectivity index (χ4n) is 8.02. The molecule has 1 spiro atoms. The molecule has 2 aromatic carbocycles. The first-order valence-electron chi connectivity index (χ1n) is 14.0. The minimum atomic E-state index is -0.932. The highest BCUT2D eigenvalue weighted by Gasteiger charge is 2.73. The zero-order valence-corrected chi connectivity index (χ0v) is 22.3. The molecule has 2 unspecified atom stereocenters. The molecule has 3 aliphatic carbocycles. The van der Waals surface area contributed by atoms with Crippen molar-refractivity contribution in [1.82, 2.24) is 9.88 Å². The normalized spacial score (nSPS) is 30.5. The first-order valence-corrected chi connectivity index (χ1v) is 14.0. The van der Waals surface area contributed by atoms with E-state index in [2.05, 4.69) is 34.5 Å². The Morgan fingerprint density at radius 2 is 2.00 bits per heavy atom. The minimum absolute atomic E-state index is 0.0686. The summed E-state index contributed by atoms with van der Waals surface area (Å²) in [6.45, 7) is 6.08. The number of hydrogen-bond acceptors (Lipinski definition) is 6. The van der Waals surface area contributed by atoms with Crippen molar-refractivity contribution in [2.75, 3.05) is 32.6 Å². The van der Waals surface area contributed by atoms with E-state index in [1.807, 2.05) is 33.0 Å². The van der Waals surface area contributed by atoms with Crippen LogP contribution < -0.4 is 14.8 Å². The zero-order valence-electron chi connectivity index (χ0n) is 22.3. The van der Waals surface area contributed by atoms with E-state index < -0.39 is 11.0 Å². The average molecular weight is 500 g/mol. The molecule has 2 aliphatic heterocycles. The molecule has 3 aromatic rings. The van der Waals surface area contributed by atoms with Crippen molar-refractivity contribution in [3.8, 4) is 11.5 Å². The van der Waals surface area contributed by atoms with Gasteiger partial charge in [-0.3, -0.25) is 4.90 Å². The van der Waals surface area contributed by atoms with Gasteiger partial charge in [0.25, 0.3) is 0 Å². The maximum absolute atomic E-state index is 13.0. The monoisotopic (exact) mass is 499 g/mol. The van der Waals surface area contributed by atoms with E-state index in [0.29, 0.717) is 6.42 Å². The molecule has 37 heavy (non-hydrogen) atoms. The van der Waals surface area contributed by atoms with Crippen molar-refractivity contribution in [3.05, 3.63) is 58.8 Å². The standard InChI is InChI=1S/C29H31N3O3.C2H6/c1-30-24-18-5-3-4-6-20(18)31-25-19(24)14-29(33)22-13-17-9-10-21(34-2)26-23(17)28(29,27(25)35-26)11-12-32(22)15-16-7-8-16;1-2/h3-6,9-10,16,22,27,33H,7-8,11-15H2,1-2H3,(H,30,31);1-2H3/t22-,27?,28+,29?;/m1./s1. The Hall–Kier alpha value is -2.83.